The number of hydrogen-bond acceptors (Lipinski definition) is 5. The summed E-state index contributed by atoms with van der Waals surface area (Å²) in [6.45, 7) is -0.244. The van der Waals surface area contributed by atoms with Gasteiger partial charge in [-0.3, -0.25) is 0 Å². The third-order valence-electron chi connectivity index (χ3n) is 3.20. The zero-order valence-corrected chi connectivity index (χ0v) is 13.4. The maximum atomic E-state index is 9.55. The van der Waals surface area contributed by atoms with E-state index in [1.807, 2.05) is 18.2 Å². The van der Waals surface area contributed by atoms with Crippen LogP contribution in [0.15, 0.2) is 48.2 Å². The van der Waals surface area contributed by atoms with Crippen molar-refractivity contribution in [1.29, 1.82) is 0 Å². The van der Waals surface area contributed by atoms with Crippen molar-refractivity contribution in [2.24, 2.45) is 0 Å². The summed E-state index contributed by atoms with van der Waals surface area (Å²) in [5.74, 6) is 2.77. The Labute approximate surface area is 135 Å². The Bertz CT molecular complexity index is 679. The van der Waals surface area contributed by atoms with E-state index in [2.05, 4.69) is 0 Å². The number of ether oxygens (including phenoxy) is 4. The Balaban J connectivity index is 2.28. The van der Waals surface area contributed by atoms with Crippen molar-refractivity contribution >= 4 is 6.08 Å². The molecule has 122 valence electrons. The number of para-hydroxylation sites is 2. The lowest BCUT2D eigenvalue weighted by Crippen LogP contribution is -2.01. The van der Waals surface area contributed by atoms with Gasteiger partial charge in [0.25, 0.3) is 0 Å². The number of methoxy groups -OCH3 is 3. The van der Waals surface area contributed by atoms with Crippen molar-refractivity contribution in [1.82, 2.24) is 0 Å². The van der Waals surface area contributed by atoms with Gasteiger partial charge in [0, 0.05) is 0 Å². The second kappa shape index (κ2) is 8.10. The van der Waals surface area contributed by atoms with E-state index in [9.17, 15) is 5.11 Å². The van der Waals surface area contributed by atoms with Gasteiger partial charge in [-0.25, -0.2) is 0 Å². The summed E-state index contributed by atoms with van der Waals surface area (Å²) in [6, 6.07) is 12.7. The van der Waals surface area contributed by atoms with Crippen LogP contribution in [-0.4, -0.2) is 33.0 Å². The minimum Gasteiger partial charge on any atom is -0.493 e. The Morgan fingerprint density at radius 3 is 2.09 bits per heavy atom. The van der Waals surface area contributed by atoms with E-state index in [0.717, 1.165) is 5.56 Å². The second-order valence-corrected chi connectivity index (χ2v) is 4.64. The van der Waals surface area contributed by atoms with Crippen molar-refractivity contribution in [3.8, 4) is 23.0 Å². The van der Waals surface area contributed by atoms with Crippen molar-refractivity contribution in [3.63, 3.8) is 0 Å². The summed E-state index contributed by atoms with van der Waals surface area (Å²) in [7, 11) is 4.72. The van der Waals surface area contributed by atoms with Crippen LogP contribution in [0.3, 0.4) is 0 Å². The molecule has 0 saturated carbocycles. The summed E-state index contributed by atoms with van der Waals surface area (Å²) in [6.07, 6.45) is 1.73. The molecule has 0 aliphatic heterocycles. The van der Waals surface area contributed by atoms with E-state index in [1.165, 1.54) is 0 Å². The van der Waals surface area contributed by atoms with Crippen molar-refractivity contribution in [2.75, 3.05) is 27.9 Å². The average molecular weight is 316 g/mol. The zero-order valence-electron chi connectivity index (χ0n) is 13.4. The second-order valence-electron chi connectivity index (χ2n) is 4.64. The lowest BCUT2D eigenvalue weighted by atomic mass is 10.2. The fourth-order valence-electron chi connectivity index (χ4n) is 2.08. The van der Waals surface area contributed by atoms with Crippen LogP contribution in [0, 0.1) is 0 Å². The highest BCUT2D eigenvalue weighted by Crippen LogP contribution is 2.30. The van der Waals surface area contributed by atoms with E-state index in [1.54, 1.807) is 51.7 Å². The van der Waals surface area contributed by atoms with Crippen LogP contribution in [0.25, 0.3) is 6.08 Å². The molecule has 5 nitrogen and oxygen atoms in total. The topological polar surface area (TPSA) is 57.2 Å². The quantitative estimate of drug-likeness (QED) is 0.795. The summed E-state index contributed by atoms with van der Waals surface area (Å²) in [5.41, 5.74) is 0.821. The fraction of sp³-hybridized carbons (Fsp3) is 0.222. The molecule has 1 N–H and O–H groups in total. The molecule has 0 aliphatic rings. The molecular formula is C18H20O5. The van der Waals surface area contributed by atoms with Gasteiger partial charge >= 0.3 is 0 Å². The van der Waals surface area contributed by atoms with E-state index >= 15 is 0 Å². The van der Waals surface area contributed by atoms with Crippen LogP contribution in [0.5, 0.6) is 23.0 Å². The molecule has 0 heterocycles. The van der Waals surface area contributed by atoms with Crippen molar-refractivity contribution < 1.29 is 24.1 Å². The molecule has 0 aliphatic carbocycles. The fourth-order valence-corrected chi connectivity index (χ4v) is 2.08. The van der Waals surface area contributed by atoms with Gasteiger partial charge in [-0.15, -0.1) is 0 Å². The molecule has 0 saturated heterocycles. The van der Waals surface area contributed by atoms with Gasteiger partial charge in [0.15, 0.2) is 23.0 Å². The number of aliphatic hydroxyl groups excluding tert-OH is 1. The highest BCUT2D eigenvalue weighted by atomic mass is 16.5. The largest absolute Gasteiger partial charge is 0.493 e. The normalized spacial score (nSPS) is 11.0. The molecule has 5 heteroatoms. The summed E-state index contributed by atoms with van der Waals surface area (Å²) >= 11 is 0. The number of hydrogen-bond donors (Lipinski definition) is 1. The highest BCUT2D eigenvalue weighted by Gasteiger charge is 2.08. The van der Waals surface area contributed by atoms with Gasteiger partial charge in [-0.05, 0) is 35.9 Å². The lowest BCUT2D eigenvalue weighted by molar-refractivity contribution is 0.260. The van der Waals surface area contributed by atoms with E-state index in [4.69, 9.17) is 18.9 Å². The van der Waals surface area contributed by atoms with Gasteiger partial charge in [-0.2, -0.15) is 0 Å². The molecule has 2 rings (SSSR count). The monoisotopic (exact) mass is 316 g/mol. The molecule has 0 bridgehead atoms. The number of benzene rings is 2. The minimum atomic E-state index is -0.244. The SMILES string of the molecule is COc1ccc(C=C(CO)Oc2ccccc2OC)cc1OC. The average Bonchev–Trinajstić information content (AvgIpc) is 2.61. The molecule has 23 heavy (non-hydrogen) atoms. The molecule has 0 fully saturated rings. The van der Waals surface area contributed by atoms with E-state index in [-0.39, 0.29) is 6.61 Å². The zero-order chi connectivity index (χ0) is 16.7. The van der Waals surface area contributed by atoms with Crippen molar-refractivity contribution in [3.05, 3.63) is 53.8 Å². The lowest BCUT2D eigenvalue weighted by Gasteiger charge is -2.12. The van der Waals surface area contributed by atoms with E-state index in [0.29, 0.717) is 28.8 Å². The Morgan fingerprint density at radius 1 is 0.870 bits per heavy atom. The standard InChI is InChI=1S/C18H20O5/c1-20-15-6-4-5-7-17(15)23-14(12-19)10-13-8-9-16(21-2)18(11-13)22-3/h4-11,19H,12H2,1-3H3. The smallest absolute Gasteiger partial charge is 0.168 e. The van der Waals surface area contributed by atoms with Gasteiger partial charge in [0.1, 0.15) is 12.4 Å². The molecule has 0 amide bonds. The molecule has 0 aromatic heterocycles. The molecule has 2 aromatic carbocycles. The van der Waals surface area contributed by atoms with Crippen molar-refractivity contribution in [2.45, 2.75) is 0 Å². The summed E-state index contributed by atoms with van der Waals surface area (Å²) < 4.78 is 21.4. The van der Waals surface area contributed by atoms with Crippen LogP contribution in [0.4, 0.5) is 0 Å². The van der Waals surface area contributed by atoms with Crippen LogP contribution in [-0.2, 0) is 0 Å². The first-order valence-corrected chi connectivity index (χ1v) is 7.06. The Morgan fingerprint density at radius 2 is 1.48 bits per heavy atom. The maximum absolute atomic E-state index is 9.55. The summed E-state index contributed by atoms with van der Waals surface area (Å²) in [4.78, 5) is 0. The summed E-state index contributed by atoms with van der Waals surface area (Å²) in [5, 5.41) is 9.55. The first-order valence-electron chi connectivity index (χ1n) is 7.06. The maximum Gasteiger partial charge on any atom is 0.168 e. The van der Waals surface area contributed by atoms with Crippen LogP contribution < -0.4 is 18.9 Å². The molecule has 0 unspecified atom stereocenters. The molecule has 0 spiro atoms. The third-order valence-corrected chi connectivity index (χ3v) is 3.20. The van der Waals surface area contributed by atoms with Crippen LogP contribution >= 0.6 is 0 Å². The molecule has 0 atom stereocenters. The van der Waals surface area contributed by atoms with Crippen LogP contribution in [0.2, 0.25) is 0 Å². The van der Waals surface area contributed by atoms with E-state index < -0.39 is 0 Å². The third kappa shape index (κ3) is 4.17. The first-order chi connectivity index (χ1) is 11.2. The predicted molar refractivity (Wildman–Crippen MR) is 88.2 cm³/mol. The molecular weight excluding hydrogens is 296 g/mol. The Hall–Kier alpha value is -2.66. The number of aliphatic hydroxyl groups is 1. The first kappa shape index (κ1) is 16.7. The molecule has 2 aromatic rings. The predicted octanol–water partition coefficient (Wildman–Crippen LogP) is 3.12. The Kier molecular flexibility index (Phi) is 5.88. The van der Waals surface area contributed by atoms with Gasteiger partial charge < -0.3 is 24.1 Å². The highest BCUT2D eigenvalue weighted by molar-refractivity contribution is 5.58. The van der Waals surface area contributed by atoms with Crippen LogP contribution in [0.1, 0.15) is 5.56 Å². The van der Waals surface area contributed by atoms with Gasteiger partial charge in [0.05, 0.1) is 21.3 Å². The molecule has 0 radical (unpaired) electrons. The van der Waals surface area contributed by atoms with Gasteiger partial charge in [0.2, 0.25) is 0 Å². The number of rotatable bonds is 7. The van der Waals surface area contributed by atoms with Gasteiger partial charge in [-0.1, -0.05) is 18.2 Å². The minimum absolute atomic E-state index is 0.244.